The Morgan fingerprint density at radius 3 is 1.96 bits per heavy atom. The van der Waals surface area contributed by atoms with Gasteiger partial charge in [0.25, 0.3) is 0 Å². The first-order valence-corrected chi connectivity index (χ1v) is 10.4. The molecule has 5 unspecified atom stereocenters. The van der Waals surface area contributed by atoms with Crippen molar-refractivity contribution in [1.82, 2.24) is 0 Å². The quantitative estimate of drug-likeness (QED) is 0.470. The summed E-state index contributed by atoms with van der Waals surface area (Å²) in [5.41, 5.74) is 2.60. The van der Waals surface area contributed by atoms with Crippen molar-refractivity contribution in [3.63, 3.8) is 0 Å². The van der Waals surface area contributed by atoms with Gasteiger partial charge in [0.05, 0.1) is 0 Å². The molecule has 0 heterocycles. The third kappa shape index (κ3) is 2.02. The predicted octanol–water partition coefficient (Wildman–Crippen LogP) is 7.47. The number of rotatable bonds is 1. The highest BCUT2D eigenvalue weighted by Crippen LogP contribution is 2.78. The Balaban J connectivity index is 2.05. The molecule has 23 heavy (non-hydrogen) atoms. The highest BCUT2D eigenvalue weighted by molar-refractivity contribution is 5.19. The van der Waals surface area contributed by atoms with E-state index in [1.54, 1.807) is 0 Å². The van der Waals surface area contributed by atoms with Gasteiger partial charge >= 0.3 is 0 Å². The molecule has 0 radical (unpaired) electrons. The molecule has 0 spiro atoms. The molecule has 3 saturated carbocycles. The normalized spacial score (nSPS) is 52.8. The fourth-order valence-electron chi connectivity index (χ4n) is 7.78. The van der Waals surface area contributed by atoms with Gasteiger partial charge in [0.2, 0.25) is 0 Å². The Bertz CT molecular complexity index is 474. The van der Waals surface area contributed by atoms with E-state index in [0.717, 1.165) is 11.8 Å². The van der Waals surface area contributed by atoms with Crippen LogP contribution in [0.1, 0.15) is 107 Å². The maximum Gasteiger partial charge on any atom is -0.0208 e. The smallest absolute Gasteiger partial charge is 0.0208 e. The summed E-state index contributed by atoms with van der Waals surface area (Å²) in [7, 11) is 0. The summed E-state index contributed by atoms with van der Waals surface area (Å²) >= 11 is 0. The highest BCUT2D eigenvalue weighted by Gasteiger charge is 2.70. The van der Waals surface area contributed by atoms with Crippen molar-refractivity contribution in [2.75, 3.05) is 0 Å². The molecule has 0 amide bonds. The minimum absolute atomic E-state index is 0.499. The summed E-state index contributed by atoms with van der Waals surface area (Å²) in [6.45, 7) is 20.8. The summed E-state index contributed by atoms with van der Waals surface area (Å²) in [6.07, 6.45) is 11.7. The van der Waals surface area contributed by atoms with E-state index < -0.39 is 0 Å². The van der Waals surface area contributed by atoms with Crippen LogP contribution in [0, 0.1) is 38.9 Å². The molecule has 134 valence electrons. The SMILES string of the molecule is CC(C)C1CCC2(C)C(C)(CCC3(C)C(C)(C)CCCC32C)C1. The van der Waals surface area contributed by atoms with E-state index in [2.05, 4.69) is 55.4 Å². The fraction of sp³-hybridized carbons (Fsp3) is 1.00. The van der Waals surface area contributed by atoms with Crippen molar-refractivity contribution in [3.05, 3.63) is 0 Å². The summed E-state index contributed by atoms with van der Waals surface area (Å²) in [4.78, 5) is 0. The van der Waals surface area contributed by atoms with Crippen LogP contribution in [0.4, 0.5) is 0 Å². The molecule has 0 aromatic heterocycles. The summed E-state index contributed by atoms with van der Waals surface area (Å²) in [5, 5.41) is 0. The monoisotopic (exact) mass is 318 g/mol. The summed E-state index contributed by atoms with van der Waals surface area (Å²) in [6, 6.07) is 0. The molecule has 0 saturated heterocycles. The highest BCUT2D eigenvalue weighted by atomic mass is 14.7. The Morgan fingerprint density at radius 2 is 1.35 bits per heavy atom. The Kier molecular flexibility index (Phi) is 3.88. The van der Waals surface area contributed by atoms with Crippen molar-refractivity contribution in [2.24, 2.45) is 38.9 Å². The van der Waals surface area contributed by atoms with Gasteiger partial charge < -0.3 is 0 Å². The van der Waals surface area contributed by atoms with Crippen molar-refractivity contribution >= 4 is 0 Å². The first-order chi connectivity index (χ1) is 10.4. The Hall–Kier alpha value is 0. The van der Waals surface area contributed by atoms with E-state index in [1.807, 2.05) is 0 Å². The first kappa shape index (κ1) is 17.8. The van der Waals surface area contributed by atoms with Crippen LogP contribution in [0.3, 0.4) is 0 Å². The predicted molar refractivity (Wildman–Crippen MR) is 101 cm³/mol. The van der Waals surface area contributed by atoms with Crippen LogP contribution < -0.4 is 0 Å². The molecule has 0 heteroatoms. The molecule has 3 aliphatic rings. The van der Waals surface area contributed by atoms with Gasteiger partial charge in [-0.25, -0.2) is 0 Å². The molecular weight excluding hydrogens is 276 g/mol. The molecule has 3 aliphatic carbocycles. The van der Waals surface area contributed by atoms with Gasteiger partial charge in [-0.3, -0.25) is 0 Å². The van der Waals surface area contributed by atoms with Crippen molar-refractivity contribution in [1.29, 1.82) is 0 Å². The molecule has 0 N–H and O–H groups in total. The van der Waals surface area contributed by atoms with E-state index >= 15 is 0 Å². The van der Waals surface area contributed by atoms with Crippen molar-refractivity contribution < 1.29 is 0 Å². The first-order valence-electron chi connectivity index (χ1n) is 10.4. The average molecular weight is 319 g/mol. The number of fused-ring (bicyclic) bond motifs is 3. The van der Waals surface area contributed by atoms with Crippen molar-refractivity contribution in [2.45, 2.75) is 107 Å². The van der Waals surface area contributed by atoms with Gasteiger partial charge in [-0.1, -0.05) is 61.8 Å². The molecule has 0 aromatic rings. The zero-order chi connectivity index (χ0) is 17.3. The third-order valence-electron chi connectivity index (χ3n) is 10.6. The molecule has 5 atom stereocenters. The van der Waals surface area contributed by atoms with Crippen LogP contribution in [0.15, 0.2) is 0 Å². The molecule has 0 bridgehead atoms. The lowest BCUT2D eigenvalue weighted by Crippen LogP contribution is -2.67. The average Bonchev–Trinajstić information content (AvgIpc) is 2.44. The molecular formula is C23H42. The summed E-state index contributed by atoms with van der Waals surface area (Å²) in [5.74, 6) is 1.82. The van der Waals surface area contributed by atoms with Crippen LogP contribution in [-0.4, -0.2) is 0 Å². The second kappa shape index (κ2) is 5.01. The lowest BCUT2D eigenvalue weighted by atomic mass is 9.30. The number of hydrogen-bond donors (Lipinski definition) is 0. The van der Waals surface area contributed by atoms with Crippen LogP contribution in [0.5, 0.6) is 0 Å². The van der Waals surface area contributed by atoms with Gasteiger partial charge in [0.1, 0.15) is 0 Å². The van der Waals surface area contributed by atoms with Gasteiger partial charge in [-0.2, -0.15) is 0 Å². The largest absolute Gasteiger partial charge is 0.0625 e. The van der Waals surface area contributed by atoms with Gasteiger partial charge in [0, 0.05) is 0 Å². The minimum Gasteiger partial charge on any atom is -0.0625 e. The van der Waals surface area contributed by atoms with E-state index in [4.69, 9.17) is 0 Å². The second-order valence-electron chi connectivity index (χ2n) is 11.5. The Morgan fingerprint density at radius 1 is 0.696 bits per heavy atom. The summed E-state index contributed by atoms with van der Waals surface area (Å²) < 4.78 is 0. The van der Waals surface area contributed by atoms with E-state index in [1.165, 1.54) is 51.4 Å². The standard InChI is InChI=1S/C23H42/c1-17(2)18-10-13-22(7)20(5,16-18)14-15-21(6)19(3,4)11-9-12-23(21,22)8/h17-18H,9-16H2,1-8H3. The molecule has 0 nitrogen and oxygen atoms in total. The van der Waals surface area contributed by atoms with Gasteiger partial charge in [-0.05, 0) is 83.9 Å². The fourth-order valence-corrected chi connectivity index (χ4v) is 7.78. The van der Waals surface area contributed by atoms with Crippen LogP contribution in [0.2, 0.25) is 0 Å². The molecule has 3 rings (SSSR count). The third-order valence-corrected chi connectivity index (χ3v) is 10.6. The zero-order valence-corrected chi connectivity index (χ0v) is 17.3. The second-order valence-corrected chi connectivity index (χ2v) is 11.5. The van der Waals surface area contributed by atoms with E-state index in [9.17, 15) is 0 Å². The van der Waals surface area contributed by atoms with Gasteiger partial charge in [0.15, 0.2) is 0 Å². The number of hydrogen-bond acceptors (Lipinski definition) is 0. The maximum atomic E-state index is 2.71. The van der Waals surface area contributed by atoms with Crippen LogP contribution in [-0.2, 0) is 0 Å². The lowest BCUT2D eigenvalue weighted by Gasteiger charge is -2.75. The van der Waals surface area contributed by atoms with E-state index in [-0.39, 0.29) is 0 Å². The maximum absolute atomic E-state index is 2.71. The molecule has 3 fully saturated rings. The molecule has 0 aromatic carbocycles. The Labute approximate surface area is 146 Å². The minimum atomic E-state index is 0.499. The van der Waals surface area contributed by atoms with Crippen LogP contribution in [0.25, 0.3) is 0 Å². The van der Waals surface area contributed by atoms with Crippen molar-refractivity contribution in [3.8, 4) is 0 Å². The van der Waals surface area contributed by atoms with Gasteiger partial charge in [-0.15, -0.1) is 0 Å². The lowest BCUT2D eigenvalue weighted by molar-refractivity contribution is -0.258. The van der Waals surface area contributed by atoms with Crippen LogP contribution >= 0.6 is 0 Å². The topological polar surface area (TPSA) is 0 Å². The van der Waals surface area contributed by atoms with E-state index in [0.29, 0.717) is 27.1 Å². The molecule has 0 aliphatic heterocycles. The zero-order valence-electron chi connectivity index (χ0n) is 17.3.